The molecule has 0 spiro atoms. The maximum absolute atomic E-state index is 13.1. The molecule has 8 heteroatoms. The van der Waals surface area contributed by atoms with E-state index in [4.69, 9.17) is 0 Å². The first-order valence-corrected chi connectivity index (χ1v) is 5.46. The van der Waals surface area contributed by atoms with E-state index in [1.807, 2.05) is 0 Å². The fourth-order valence-electron chi connectivity index (χ4n) is 1.45. The molecule has 0 radical (unpaired) electrons. The third-order valence-electron chi connectivity index (χ3n) is 2.48. The van der Waals surface area contributed by atoms with Crippen molar-refractivity contribution >= 4 is 11.7 Å². The molecule has 0 saturated carbocycles. The van der Waals surface area contributed by atoms with Crippen molar-refractivity contribution in [3.05, 3.63) is 29.3 Å². The number of hydrogen-bond acceptors (Lipinski definition) is 3. The van der Waals surface area contributed by atoms with Crippen LogP contribution in [0.4, 0.5) is 27.6 Å². The zero-order valence-electron chi connectivity index (χ0n) is 10.6. The first kappa shape index (κ1) is 16.2. The Kier molecular flexibility index (Phi) is 4.57. The summed E-state index contributed by atoms with van der Waals surface area (Å²) in [4.78, 5) is 10.9. The molecule has 1 aromatic carbocycles. The first-order valence-electron chi connectivity index (χ1n) is 5.46. The van der Waals surface area contributed by atoms with Gasteiger partial charge in [-0.1, -0.05) is 6.07 Å². The van der Waals surface area contributed by atoms with Crippen molar-refractivity contribution in [2.45, 2.75) is 19.0 Å². The van der Waals surface area contributed by atoms with E-state index >= 15 is 0 Å². The number of anilines is 1. The van der Waals surface area contributed by atoms with Crippen molar-refractivity contribution in [1.82, 2.24) is 0 Å². The molecule has 0 amide bonds. The van der Waals surface area contributed by atoms with Gasteiger partial charge in [0.1, 0.15) is 6.54 Å². The molecular weight excluding hydrogens is 285 g/mol. The number of carbonyl (C=O) groups excluding carboxylic acids is 1. The van der Waals surface area contributed by atoms with Gasteiger partial charge in [0.05, 0.1) is 12.7 Å². The van der Waals surface area contributed by atoms with Crippen LogP contribution in [0.1, 0.15) is 18.1 Å². The molecule has 0 aliphatic heterocycles. The zero-order chi connectivity index (χ0) is 15.6. The summed E-state index contributed by atoms with van der Waals surface area (Å²) in [5.41, 5.74) is -2.48. The van der Waals surface area contributed by atoms with E-state index in [-0.39, 0.29) is 0 Å². The Bertz CT molecular complexity index is 494. The minimum absolute atomic E-state index is 0.361. The second kappa shape index (κ2) is 5.64. The average molecular weight is 297 g/mol. The number of ether oxygens (including phenoxy) is 1. The van der Waals surface area contributed by atoms with E-state index in [1.54, 1.807) is 0 Å². The van der Waals surface area contributed by atoms with Gasteiger partial charge in [0, 0.05) is 18.2 Å². The third kappa shape index (κ3) is 4.07. The highest BCUT2D eigenvalue weighted by atomic mass is 19.4. The molecule has 0 aliphatic carbocycles. The summed E-state index contributed by atoms with van der Waals surface area (Å²) in [6.07, 6.45) is -4.82. The van der Waals surface area contributed by atoms with E-state index in [0.717, 1.165) is 19.2 Å². The maximum atomic E-state index is 13.1. The van der Waals surface area contributed by atoms with Gasteiger partial charge in [-0.3, -0.25) is 4.79 Å². The van der Waals surface area contributed by atoms with Gasteiger partial charge in [-0.25, -0.2) is 8.78 Å². The van der Waals surface area contributed by atoms with Gasteiger partial charge in [-0.05, 0) is 12.1 Å². The van der Waals surface area contributed by atoms with E-state index < -0.39 is 41.4 Å². The predicted molar refractivity (Wildman–Crippen MR) is 61.5 cm³/mol. The van der Waals surface area contributed by atoms with E-state index in [2.05, 4.69) is 10.1 Å². The van der Waals surface area contributed by atoms with Crippen LogP contribution in [0.5, 0.6) is 0 Å². The molecule has 1 aromatic rings. The minimum Gasteiger partial charge on any atom is -0.468 e. The maximum Gasteiger partial charge on any atom is 0.418 e. The van der Waals surface area contributed by atoms with Crippen LogP contribution in [0.15, 0.2) is 18.2 Å². The fourth-order valence-corrected chi connectivity index (χ4v) is 1.45. The topological polar surface area (TPSA) is 38.3 Å². The van der Waals surface area contributed by atoms with Crippen LogP contribution in [-0.4, -0.2) is 19.6 Å². The number of alkyl halides is 5. The van der Waals surface area contributed by atoms with Crippen LogP contribution < -0.4 is 5.32 Å². The lowest BCUT2D eigenvalue weighted by atomic mass is 10.0. The van der Waals surface area contributed by atoms with Crippen LogP contribution in [0, 0.1) is 0 Å². The minimum atomic E-state index is -4.82. The normalized spacial score (nSPS) is 12.2. The highest BCUT2D eigenvalue weighted by Crippen LogP contribution is 2.38. The number of hydrogen-bond donors (Lipinski definition) is 1. The Morgan fingerprint density at radius 3 is 2.30 bits per heavy atom. The second-order valence-corrected chi connectivity index (χ2v) is 4.08. The fraction of sp³-hybridized carbons (Fsp3) is 0.417. The van der Waals surface area contributed by atoms with Crippen molar-refractivity contribution < 1.29 is 31.5 Å². The number of esters is 1. The number of benzene rings is 1. The average Bonchev–Trinajstić information content (AvgIpc) is 2.33. The molecule has 0 fully saturated rings. The van der Waals surface area contributed by atoms with Gasteiger partial charge in [0.2, 0.25) is 0 Å². The van der Waals surface area contributed by atoms with Gasteiger partial charge in [-0.2, -0.15) is 13.2 Å². The summed E-state index contributed by atoms with van der Waals surface area (Å²) in [5, 5.41) is 2.21. The summed E-state index contributed by atoms with van der Waals surface area (Å²) in [6.45, 7) is 0.00544. The Labute approximate surface area is 111 Å². The molecule has 0 aromatic heterocycles. The SMILES string of the molecule is COC(=O)CNc1ccc(C(C)(F)F)cc1C(F)(F)F. The van der Waals surface area contributed by atoms with Crippen LogP contribution in [-0.2, 0) is 21.6 Å². The van der Waals surface area contributed by atoms with E-state index in [1.165, 1.54) is 0 Å². The van der Waals surface area contributed by atoms with Crippen molar-refractivity contribution in [2.24, 2.45) is 0 Å². The summed E-state index contributed by atoms with van der Waals surface area (Å²) in [6, 6.07) is 2.09. The Balaban J connectivity index is 3.15. The first-order chi connectivity index (χ1) is 9.05. The number of carbonyl (C=O) groups is 1. The van der Waals surface area contributed by atoms with Crippen molar-refractivity contribution in [1.29, 1.82) is 0 Å². The standard InChI is InChI=1S/C12H12F5NO2/c1-11(13,14)7-3-4-9(18-6-10(19)20-2)8(5-7)12(15,16)17/h3-5,18H,6H2,1-2H3. The summed E-state index contributed by atoms with van der Waals surface area (Å²) in [7, 11) is 1.08. The lowest BCUT2D eigenvalue weighted by Crippen LogP contribution is -2.19. The zero-order valence-corrected chi connectivity index (χ0v) is 10.6. The molecule has 20 heavy (non-hydrogen) atoms. The van der Waals surface area contributed by atoms with Gasteiger partial charge in [0.25, 0.3) is 5.92 Å². The molecule has 1 rings (SSSR count). The Morgan fingerprint density at radius 1 is 1.25 bits per heavy atom. The smallest absolute Gasteiger partial charge is 0.418 e. The molecule has 1 N–H and O–H groups in total. The Morgan fingerprint density at radius 2 is 1.85 bits per heavy atom. The monoisotopic (exact) mass is 297 g/mol. The molecule has 0 saturated heterocycles. The molecule has 3 nitrogen and oxygen atoms in total. The number of rotatable bonds is 4. The predicted octanol–water partition coefficient (Wildman–Crippen LogP) is 3.40. The largest absolute Gasteiger partial charge is 0.468 e. The molecular formula is C12H12F5NO2. The number of methoxy groups -OCH3 is 1. The quantitative estimate of drug-likeness (QED) is 0.684. The van der Waals surface area contributed by atoms with Gasteiger partial charge >= 0.3 is 12.1 Å². The van der Waals surface area contributed by atoms with Crippen LogP contribution in [0.2, 0.25) is 0 Å². The van der Waals surface area contributed by atoms with E-state index in [0.29, 0.717) is 13.0 Å². The molecule has 112 valence electrons. The van der Waals surface area contributed by atoms with Crippen LogP contribution in [0.25, 0.3) is 0 Å². The highest BCUT2D eigenvalue weighted by molar-refractivity contribution is 5.75. The van der Waals surface area contributed by atoms with E-state index in [9.17, 15) is 26.7 Å². The highest BCUT2D eigenvalue weighted by Gasteiger charge is 2.36. The molecule has 0 atom stereocenters. The van der Waals surface area contributed by atoms with Gasteiger partial charge in [0.15, 0.2) is 0 Å². The van der Waals surface area contributed by atoms with Gasteiger partial charge in [-0.15, -0.1) is 0 Å². The summed E-state index contributed by atoms with van der Waals surface area (Å²) in [5.74, 6) is -4.16. The van der Waals surface area contributed by atoms with Crippen LogP contribution in [0.3, 0.4) is 0 Å². The summed E-state index contributed by atoms with van der Waals surface area (Å²) >= 11 is 0. The molecule has 0 heterocycles. The van der Waals surface area contributed by atoms with Crippen molar-refractivity contribution in [2.75, 3.05) is 19.0 Å². The molecule has 0 unspecified atom stereocenters. The van der Waals surface area contributed by atoms with Gasteiger partial charge < -0.3 is 10.1 Å². The van der Waals surface area contributed by atoms with Crippen molar-refractivity contribution in [3.63, 3.8) is 0 Å². The lowest BCUT2D eigenvalue weighted by Gasteiger charge is -2.18. The lowest BCUT2D eigenvalue weighted by molar-refractivity contribution is -0.139. The Hall–Kier alpha value is -1.86. The number of halogens is 5. The van der Waals surface area contributed by atoms with Crippen molar-refractivity contribution in [3.8, 4) is 0 Å². The summed E-state index contributed by atoms with van der Waals surface area (Å²) < 4.78 is 68.9. The molecule has 0 aliphatic rings. The third-order valence-corrected chi connectivity index (χ3v) is 2.48. The molecule has 0 bridgehead atoms. The van der Waals surface area contributed by atoms with Crippen LogP contribution >= 0.6 is 0 Å². The number of nitrogens with one attached hydrogen (secondary N) is 1. The second-order valence-electron chi connectivity index (χ2n) is 4.08.